The fraction of sp³-hybridized carbons (Fsp3) is 0.588. The molecule has 26 heavy (non-hydrogen) atoms. The Morgan fingerprint density at radius 3 is 2.81 bits per heavy atom. The van der Waals surface area contributed by atoms with Crippen LogP contribution in [-0.2, 0) is 24.9 Å². The second-order valence-electron chi connectivity index (χ2n) is 6.93. The van der Waals surface area contributed by atoms with Gasteiger partial charge in [-0.25, -0.2) is 4.98 Å². The van der Waals surface area contributed by atoms with E-state index >= 15 is 0 Å². The topological polar surface area (TPSA) is 76.8 Å². The number of aromatic nitrogens is 4. The number of hydrogen-bond acceptors (Lipinski definition) is 4. The van der Waals surface area contributed by atoms with E-state index in [4.69, 9.17) is 0 Å². The minimum atomic E-state index is -0.0669. The first-order valence-corrected chi connectivity index (χ1v) is 8.51. The van der Waals surface area contributed by atoms with Crippen LogP contribution in [0.4, 0.5) is 0 Å². The molecule has 1 aliphatic heterocycles. The summed E-state index contributed by atoms with van der Waals surface area (Å²) in [6, 6.07) is 0. The number of nitrogens with one attached hydrogen (secondary N) is 2. The highest BCUT2D eigenvalue weighted by atomic mass is 35.5. The van der Waals surface area contributed by atoms with Crippen molar-refractivity contribution in [2.45, 2.75) is 32.9 Å². The predicted octanol–water partition coefficient (Wildman–Crippen LogP) is 1.74. The van der Waals surface area contributed by atoms with Crippen LogP contribution in [0.2, 0.25) is 0 Å². The van der Waals surface area contributed by atoms with E-state index in [1.54, 1.807) is 10.9 Å². The summed E-state index contributed by atoms with van der Waals surface area (Å²) in [7, 11) is 1.90. The Bertz CT molecular complexity index is 699. The van der Waals surface area contributed by atoms with Crippen molar-refractivity contribution >= 4 is 30.7 Å². The van der Waals surface area contributed by atoms with Crippen molar-refractivity contribution in [1.82, 2.24) is 30.0 Å². The van der Waals surface area contributed by atoms with Crippen LogP contribution in [0.1, 0.15) is 31.2 Å². The maximum atomic E-state index is 12.6. The van der Waals surface area contributed by atoms with Gasteiger partial charge in [0.1, 0.15) is 5.82 Å². The lowest BCUT2D eigenvalue weighted by atomic mass is 9.90. The lowest BCUT2D eigenvalue weighted by molar-refractivity contribution is -0.125. The molecule has 2 aromatic heterocycles. The van der Waals surface area contributed by atoms with Gasteiger partial charge in [-0.2, -0.15) is 5.10 Å². The molecule has 0 spiro atoms. The van der Waals surface area contributed by atoms with Gasteiger partial charge < -0.3 is 15.2 Å². The van der Waals surface area contributed by atoms with E-state index in [0.29, 0.717) is 19.0 Å². The molecule has 0 aromatic carbocycles. The molecule has 3 heterocycles. The van der Waals surface area contributed by atoms with Crippen molar-refractivity contribution in [3.63, 3.8) is 0 Å². The number of rotatable bonds is 6. The zero-order valence-corrected chi connectivity index (χ0v) is 17.0. The van der Waals surface area contributed by atoms with Crippen molar-refractivity contribution in [3.8, 4) is 0 Å². The molecule has 0 radical (unpaired) electrons. The summed E-state index contributed by atoms with van der Waals surface area (Å²) in [5.74, 6) is 1.63. The summed E-state index contributed by atoms with van der Waals surface area (Å²) < 4.78 is 3.89. The van der Waals surface area contributed by atoms with Crippen LogP contribution in [0.5, 0.6) is 0 Å². The molecule has 7 nitrogen and oxygen atoms in total. The van der Waals surface area contributed by atoms with Crippen molar-refractivity contribution in [1.29, 1.82) is 0 Å². The third-order valence-corrected chi connectivity index (χ3v) is 4.49. The maximum absolute atomic E-state index is 12.6. The van der Waals surface area contributed by atoms with Gasteiger partial charge in [0.2, 0.25) is 5.91 Å². The monoisotopic (exact) mass is 402 g/mol. The van der Waals surface area contributed by atoms with E-state index in [1.807, 2.05) is 25.6 Å². The van der Waals surface area contributed by atoms with Crippen LogP contribution in [0.25, 0.3) is 0 Å². The minimum absolute atomic E-state index is 0. The van der Waals surface area contributed by atoms with Crippen LogP contribution in [0.15, 0.2) is 24.8 Å². The molecule has 0 aliphatic carbocycles. The summed E-state index contributed by atoms with van der Waals surface area (Å²) in [5.41, 5.74) is 1.11. The molecule has 0 unspecified atom stereocenters. The minimum Gasteiger partial charge on any atom is -0.349 e. The summed E-state index contributed by atoms with van der Waals surface area (Å²) in [5, 5.41) is 10.6. The molecule has 1 fully saturated rings. The molecule has 146 valence electrons. The Kier molecular flexibility index (Phi) is 8.59. The molecule has 0 bridgehead atoms. The van der Waals surface area contributed by atoms with Crippen LogP contribution in [-0.4, -0.2) is 38.3 Å². The van der Waals surface area contributed by atoms with Crippen molar-refractivity contribution in [2.24, 2.45) is 18.9 Å². The SMILES string of the molecule is CC(C)Cn1ccnc1CNC(=O)[C@H]1CNC[C@@H]1c1cnn(C)c1.Cl.Cl. The average molecular weight is 403 g/mol. The van der Waals surface area contributed by atoms with Gasteiger partial charge in [0.05, 0.1) is 18.7 Å². The van der Waals surface area contributed by atoms with Gasteiger partial charge in [-0.05, 0) is 11.5 Å². The number of hydrogen-bond donors (Lipinski definition) is 2. The zero-order chi connectivity index (χ0) is 17.1. The van der Waals surface area contributed by atoms with Gasteiger partial charge in [0, 0.05) is 51.2 Å². The first-order chi connectivity index (χ1) is 11.5. The first-order valence-electron chi connectivity index (χ1n) is 8.51. The Balaban J connectivity index is 0.00000169. The molecular formula is C17H28Cl2N6O. The smallest absolute Gasteiger partial charge is 0.225 e. The second-order valence-corrected chi connectivity index (χ2v) is 6.93. The Hall–Kier alpha value is -1.57. The molecule has 1 saturated heterocycles. The Morgan fingerprint density at radius 2 is 2.15 bits per heavy atom. The molecule has 1 aliphatic rings. The van der Waals surface area contributed by atoms with E-state index in [0.717, 1.165) is 24.5 Å². The molecule has 1 amide bonds. The quantitative estimate of drug-likeness (QED) is 0.771. The fourth-order valence-electron chi connectivity index (χ4n) is 3.30. The molecule has 2 atom stereocenters. The van der Waals surface area contributed by atoms with Crippen molar-refractivity contribution in [3.05, 3.63) is 36.2 Å². The van der Waals surface area contributed by atoms with E-state index in [-0.39, 0.29) is 42.6 Å². The van der Waals surface area contributed by atoms with Gasteiger partial charge in [-0.1, -0.05) is 13.8 Å². The van der Waals surface area contributed by atoms with E-state index in [1.165, 1.54) is 0 Å². The van der Waals surface area contributed by atoms with Gasteiger partial charge >= 0.3 is 0 Å². The van der Waals surface area contributed by atoms with Gasteiger partial charge in [-0.3, -0.25) is 9.48 Å². The van der Waals surface area contributed by atoms with Gasteiger partial charge in [0.15, 0.2) is 0 Å². The van der Waals surface area contributed by atoms with E-state index < -0.39 is 0 Å². The summed E-state index contributed by atoms with van der Waals surface area (Å²) in [6.07, 6.45) is 7.61. The normalized spacial score (nSPS) is 19.1. The molecule has 2 N–H and O–H groups in total. The fourth-order valence-corrected chi connectivity index (χ4v) is 3.30. The van der Waals surface area contributed by atoms with Crippen LogP contribution in [0.3, 0.4) is 0 Å². The van der Waals surface area contributed by atoms with Crippen LogP contribution in [0, 0.1) is 11.8 Å². The number of amides is 1. The lowest BCUT2D eigenvalue weighted by Crippen LogP contribution is -2.34. The zero-order valence-electron chi connectivity index (χ0n) is 15.4. The molecule has 3 rings (SSSR count). The number of carbonyl (C=O) groups is 1. The van der Waals surface area contributed by atoms with Crippen LogP contribution >= 0.6 is 24.8 Å². The number of carbonyl (C=O) groups excluding carboxylic acids is 1. The number of aryl methyl sites for hydroxylation is 1. The Morgan fingerprint density at radius 1 is 1.38 bits per heavy atom. The largest absolute Gasteiger partial charge is 0.349 e. The summed E-state index contributed by atoms with van der Waals surface area (Å²) in [4.78, 5) is 17.0. The van der Waals surface area contributed by atoms with Crippen molar-refractivity contribution < 1.29 is 4.79 Å². The lowest BCUT2D eigenvalue weighted by Gasteiger charge is -2.17. The average Bonchev–Trinajstić information content (AvgIpc) is 3.24. The maximum Gasteiger partial charge on any atom is 0.225 e. The number of halogens is 2. The highest BCUT2D eigenvalue weighted by Crippen LogP contribution is 2.27. The third kappa shape index (κ3) is 5.22. The highest BCUT2D eigenvalue weighted by molar-refractivity contribution is 5.85. The Labute approximate surface area is 166 Å². The predicted molar refractivity (Wildman–Crippen MR) is 106 cm³/mol. The van der Waals surface area contributed by atoms with E-state index in [9.17, 15) is 4.79 Å². The highest BCUT2D eigenvalue weighted by Gasteiger charge is 2.34. The summed E-state index contributed by atoms with van der Waals surface area (Å²) in [6.45, 7) is 7.23. The molecule has 0 saturated carbocycles. The second kappa shape index (κ2) is 9.94. The number of nitrogens with zero attached hydrogens (tertiary/aromatic N) is 4. The van der Waals surface area contributed by atoms with E-state index in [2.05, 4.69) is 39.1 Å². The first kappa shape index (κ1) is 22.5. The number of imidazole rings is 1. The molecular weight excluding hydrogens is 375 g/mol. The summed E-state index contributed by atoms with van der Waals surface area (Å²) >= 11 is 0. The molecule has 9 heteroatoms. The standard InChI is InChI=1S/C17H26N6O.2ClH/c1-12(2)10-23-5-4-19-16(23)9-20-17(24)15-8-18-7-14(15)13-6-21-22(3)11-13;;/h4-6,11-12,14-15,18H,7-10H2,1-3H3,(H,20,24);2*1H/t14-,15+;;/m1../s1. The van der Waals surface area contributed by atoms with Crippen LogP contribution < -0.4 is 10.6 Å². The van der Waals surface area contributed by atoms with Gasteiger partial charge in [0.25, 0.3) is 0 Å². The molecule has 2 aromatic rings. The van der Waals surface area contributed by atoms with Gasteiger partial charge in [-0.15, -0.1) is 24.8 Å². The van der Waals surface area contributed by atoms with Crippen molar-refractivity contribution in [2.75, 3.05) is 13.1 Å². The third-order valence-electron chi connectivity index (χ3n) is 4.49.